The van der Waals surface area contributed by atoms with Gasteiger partial charge in [0.1, 0.15) is 5.75 Å². The summed E-state index contributed by atoms with van der Waals surface area (Å²) in [6.45, 7) is 2.69. The molecular weight excluding hydrogens is 244 g/mol. The van der Waals surface area contributed by atoms with E-state index in [4.69, 9.17) is 15.2 Å². The first-order valence-electron chi connectivity index (χ1n) is 6.57. The van der Waals surface area contributed by atoms with Gasteiger partial charge in [-0.2, -0.15) is 0 Å². The van der Waals surface area contributed by atoms with E-state index in [1.54, 1.807) is 12.1 Å². The van der Waals surface area contributed by atoms with Crippen molar-refractivity contribution >= 4 is 11.6 Å². The maximum atomic E-state index is 11.7. The van der Waals surface area contributed by atoms with Crippen LogP contribution in [0.15, 0.2) is 24.3 Å². The summed E-state index contributed by atoms with van der Waals surface area (Å²) >= 11 is 0. The van der Waals surface area contributed by atoms with E-state index in [1.807, 2.05) is 19.1 Å². The summed E-state index contributed by atoms with van der Waals surface area (Å²) in [5.41, 5.74) is 6.26. The number of hydrogen-bond acceptors (Lipinski definition) is 4. The predicted octanol–water partition coefficient (Wildman–Crippen LogP) is 1.33. The second-order valence-corrected chi connectivity index (χ2v) is 4.64. The minimum Gasteiger partial charge on any atom is -0.482 e. The number of hydrogen-bond donors (Lipinski definition) is 2. The van der Waals surface area contributed by atoms with E-state index < -0.39 is 0 Å². The number of para-hydroxylation sites is 2. The second kappa shape index (κ2) is 6.43. The van der Waals surface area contributed by atoms with Gasteiger partial charge in [-0.05, 0) is 31.9 Å². The highest BCUT2D eigenvalue weighted by molar-refractivity contribution is 5.78. The maximum absolute atomic E-state index is 11.7. The van der Waals surface area contributed by atoms with Crippen LogP contribution in [0.1, 0.15) is 19.8 Å². The smallest absolute Gasteiger partial charge is 0.258 e. The summed E-state index contributed by atoms with van der Waals surface area (Å²) in [7, 11) is 0. The number of carbonyl (C=O) groups excluding carboxylic acids is 1. The fourth-order valence-corrected chi connectivity index (χ4v) is 2.08. The Labute approximate surface area is 113 Å². The lowest BCUT2D eigenvalue weighted by atomic mass is 9.89. The van der Waals surface area contributed by atoms with Crippen LogP contribution >= 0.6 is 0 Å². The lowest BCUT2D eigenvalue weighted by Crippen LogP contribution is -2.49. The van der Waals surface area contributed by atoms with Gasteiger partial charge in [0, 0.05) is 12.6 Å². The Morgan fingerprint density at radius 3 is 2.84 bits per heavy atom. The molecule has 5 nitrogen and oxygen atoms in total. The highest BCUT2D eigenvalue weighted by atomic mass is 16.5. The van der Waals surface area contributed by atoms with E-state index in [-0.39, 0.29) is 18.6 Å². The number of anilines is 1. The molecule has 19 heavy (non-hydrogen) atoms. The van der Waals surface area contributed by atoms with E-state index in [0.717, 1.165) is 19.4 Å². The Morgan fingerprint density at radius 1 is 1.42 bits per heavy atom. The van der Waals surface area contributed by atoms with Crippen LogP contribution in [0.4, 0.5) is 5.69 Å². The Kier molecular flexibility index (Phi) is 4.63. The predicted molar refractivity (Wildman–Crippen MR) is 72.9 cm³/mol. The molecule has 0 spiro atoms. The molecule has 1 aliphatic rings. The van der Waals surface area contributed by atoms with E-state index in [2.05, 4.69) is 5.32 Å². The number of rotatable bonds is 6. The van der Waals surface area contributed by atoms with Crippen LogP contribution in [-0.2, 0) is 9.53 Å². The van der Waals surface area contributed by atoms with Gasteiger partial charge in [0.25, 0.3) is 5.91 Å². The summed E-state index contributed by atoms with van der Waals surface area (Å²) in [5, 5.41) is 2.91. The zero-order valence-corrected chi connectivity index (χ0v) is 11.1. The Morgan fingerprint density at radius 2 is 2.16 bits per heavy atom. The summed E-state index contributed by atoms with van der Waals surface area (Å²) in [6, 6.07) is 7.34. The quantitative estimate of drug-likeness (QED) is 0.760. The van der Waals surface area contributed by atoms with Crippen molar-refractivity contribution in [3.05, 3.63) is 24.3 Å². The fraction of sp³-hybridized carbons (Fsp3) is 0.500. The van der Waals surface area contributed by atoms with Gasteiger partial charge in [0.05, 0.1) is 11.8 Å². The molecule has 1 aromatic carbocycles. The van der Waals surface area contributed by atoms with Gasteiger partial charge < -0.3 is 20.5 Å². The van der Waals surface area contributed by atoms with E-state index in [0.29, 0.717) is 17.5 Å². The molecule has 0 bridgehead atoms. The molecule has 2 rings (SSSR count). The Hall–Kier alpha value is -1.75. The summed E-state index contributed by atoms with van der Waals surface area (Å²) in [4.78, 5) is 11.7. The first-order valence-corrected chi connectivity index (χ1v) is 6.57. The van der Waals surface area contributed by atoms with Crippen LogP contribution in [0.25, 0.3) is 0 Å². The number of nitrogens with one attached hydrogen (secondary N) is 1. The SMILES string of the molecule is CCOC1CC(NC(=O)COc2ccccc2N)C1. The lowest BCUT2D eigenvalue weighted by Gasteiger charge is -2.35. The average Bonchev–Trinajstić information content (AvgIpc) is 2.35. The number of amides is 1. The summed E-state index contributed by atoms with van der Waals surface area (Å²) in [6.07, 6.45) is 2.06. The minimum atomic E-state index is -0.122. The number of ether oxygens (including phenoxy) is 2. The first-order chi connectivity index (χ1) is 9.19. The minimum absolute atomic E-state index is 0.00991. The van der Waals surface area contributed by atoms with Crippen LogP contribution in [0.2, 0.25) is 0 Å². The van der Waals surface area contributed by atoms with Crippen molar-refractivity contribution in [1.82, 2.24) is 5.32 Å². The van der Waals surface area contributed by atoms with Crippen molar-refractivity contribution in [1.29, 1.82) is 0 Å². The molecule has 0 radical (unpaired) electrons. The highest BCUT2D eigenvalue weighted by Crippen LogP contribution is 2.23. The van der Waals surface area contributed by atoms with Crippen molar-refractivity contribution in [3.8, 4) is 5.75 Å². The Bertz CT molecular complexity index is 430. The highest BCUT2D eigenvalue weighted by Gasteiger charge is 2.30. The molecule has 1 amide bonds. The third-order valence-corrected chi connectivity index (χ3v) is 3.14. The van der Waals surface area contributed by atoms with Gasteiger partial charge in [0.15, 0.2) is 6.61 Å². The molecule has 0 saturated heterocycles. The van der Waals surface area contributed by atoms with Gasteiger partial charge >= 0.3 is 0 Å². The monoisotopic (exact) mass is 264 g/mol. The largest absolute Gasteiger partial charge is 0.482 e. The van der Waals surface area contributed by atoms with Crippen molar-refractivity contribution < 1.29 is 14.3 Å². The average molecular weight is 264 g/mol. The third-order valence-electron chi connectivity index (χ3n) is 3.14. The fourth-order valence-electron chi connectivity index (χ4n) is 2.08. The zero-order valence-electron chi connectivity index (χ0n) is 11.1. The summed E-state index contributed by atoms with van der Waals surface area (Å²) in [5.74, 6) is 0.418. The van der Waals surface area contributed by atoms with Crippen molar-refractivity contribution in [3.63, 3.8) is 0 Å². The standard InChI is InChI=1S/C14H20N2O3/c1-2-18-11-7-10(8-11)16-14(17)9-19-13-6-4-3-5-12(13)15/h3-6,10-11H,2,7-9,15H2,1H3,(H,16,17). The van der Waals surface area contributed by atoms with Gasteiger partial charge in [0.2, 0.25) is 0 Å². The molecule has 1 aliphatic carbocycles. The van der Waals surface area contributed by atoms with Gasteiger partial charge in [-0.15, -0.1) is 0 Å². The van der Waals surface area contributed by atoms with Crippen LogP contribution in [-0.4, -0.2) is 31.3 Å². The van der Waals surface area contributed by atoms with Crippen LogP contribution in [0.3, 0.4) is 0 Å². The van der Waals surface area contributed by atoms with Gasteiger partial charge in [-0.1, -0.05) is 12.1 Å². The van der Waals surface area contributed by atoms with Gasteiger partial charge in [-0.25, -0.2) is 0 Å². The molecule has 104 valence electrons. The Balaban J connectivity index is 1.67. The van der Waals surface area contributed by atoms with E-state index in [1.165, 1.54) is 0 Å². The van der Waals surface area contributed by atoms with E-state index in [9.17, 15) is 4.79 Å². The molecule has 1 aromatic rings. The maximum Gasteiger partial charge on any atom is 0.258 e. The number of nitrogen functional groups attached to an aromatic ring is 1. The molecule has 0 heterocycles. The van der Waals surface area contributed by atoms with Crippen molar-refractivity contribution in [2.75, 3.05) is 18.9 Å². The number of benzene rings is 1. The molecule has 1 fully saturated rings. The number of carbonyl (C=O) groups is 1. The van der Waals surface area contributed by atoms with E-state index >= 15 is 0 Å². The molecule has 0 aliphatic heterocycles. The molecular formula is C14H20N2O3. The van der Waals surface area contributed by atoms with Crippen molar-refractivity contribution in [2.24, 2.45) is 0 Å². The molecule has 5 heteroatoms. The van der Waals surface area contributed by atoms with Crippen LogP contribution in [0, 0.1) is 0 Å². The van der Waals surface area contributed by atoms with Crippen LogP contribution < -0.4 is 15.8 Å². The summed E-state index contributed by atoms with van der Waals surface area (Å²) < 4.78 is 10.8. The number of nitrogens with two attached hydrogens (primary N) is 1. The molecule has 3 N–H and O–H groups in total. The lowest BCUT2D eigenvalue weighted by molar-refractivity contribution is -0.125. The topological polar surface area (TPSA) is 73.6 Å². The molecule has 0 atom stereocenters. The van der Waals surface area contributed by atoms with Crippen LogP contribution in [0.5, 0.6) is 5.75 Å². The second-order valence-electron chi connectivity index (χ2n) is 4.64. The third kappa shape index (κ3) is 3.86. The zero-order chi connectivity index (χ0) is 13.7. The molecule has 1 saturated carbocycles. The van der Waals surface area contributed by atoms with Crippen molar-refractivity contribution in [2.45, 2.75) is 31.9 Å². The molecule has 0 aromatic heterocycles. The van der Waals surface area contributed by atoms with Gasteiger partial charge in [-0.3, -0.25) is 4.79 Å². The first kappa shape index (κ1) is 13.7. The molecule has 0 unspecified atom stereocenters. The normalized spacial score (nSPS) is 21.5.